The highest BCUT2D eigenvalue weighted by atomic mass is 35.5. The van der Waals surface area contributed by atoms with Gasteiger partial charge >= 0.3 is 6.18 Å². The Bertz CT molecular complexity index is 1390. The molecule has 2 aromatic carbocycles. The van der Waals surface area contributed by atoms with Crippen LogP contribution in [-0.2, 0) is 36.7 Å². The molecule has 0 saturated heterocycles. The third-order valence-electron chi connectivity index (χ3n) is 7.56. The lowest BCUT2D eigenvalue weighted by molar-refractivity contribution is -0.138. The van der Waals surface area contributed by atoms with E-state index in [0.717, 1.165) is 30.3 Å². The van der Waals surface area contributed by atoms with Crippen molar-refractivity contribution in [3.05, 3.63) is 75.9 Å². The number of halogens is 5. The summed E-state index contributed by atoms with van der Waals surface area (Å²) in [4.78, 5) is 14.8. The van der Waals surface area contributed by atoms with E-state index in [-0.39, 0.29) is 29.1 Å². The number of nitrogens with zero attached hydrogens (tertiary/aromatic N) is 4. The largest absolute Gasteiger partial charge is 0.416 e. The lowest BCUT2D eigenvalue weighted by Crippen LogP contribution is -2.43. The van der Waals surface area contributed by atoms with Gasteiger partial charge in [-0.15, -0.1) is 21.8 Å². The minimum absolute atomic E-state index is 0.0304. The lowest BCUT2D eigenvalue weighted by atomic mass is 9.58. The molecular weight excluding hydrogens is 508 g/mol. The van der Waals surface area contributed by atoms with Gasteiger partial charge < -0.3 is 9.47 Å². The van der Waals surface area contributed by atoms with E-state index in [1.807, 2.05) is 11.6 Å². The molecule has 5 nitrogen and oxygen atoms in total. The molecule has 0 spiro atoms. The van der Waals surface area contributed by atoms with Gasteiger partial charge in [0.2, 0.25) is 0 Å². The van der Waals surface area contributed by atoms with Crippen LogP contribution in [0.2, 0.25) is 0 Å². The maximum atomic E-state index is 15.4. The molecule has 0 bridgehead atoms. The molecule has 1 fully saturated rings. The lowest BCUT2D eigenvalue weighted by Gasteiger charge is -2.46. The predicted molar refractivity (Wildman–Crippen MR) is 132 cm³/mol. The number of carbonyl (C=O) groups is 1. The highest BCUT2D eigenvalue weighted by Crippen LogP contribution is 2.53. The van der Waals surface area contributed by atoms with Gasteiger partial charge in [0, 0.05) is 24.2 Å². The van der Waals surface area contributed by atoms with E-state index in [4.69, 9.17) is 11.6 Å². The summed E-state index contributed by atoms with van der Waals surface area (Å²) in [6.07, 6.45) is -1.54. The Labute approximate surface area is 217 Å². The van der Waals surface area contributed by atoms with Crippen molar-refractivity contribution in [3.8, 4) is 0 Å². The first-order valence-electron chi connectivity index (χ1n) is 12.0. The van der Waals surface area contributed by atoms with Gasteiger partial charge in [-0.05, 0) is 79.1 Å². The minimum Gasteiger partial charge on any atom is -0.320 e. The molecule has 1 saturated carbocycles. The van der Waals surface area contributed by atoms with E-state index in [0.29, 0.717) is 17.2 Å². The first kappa shape index (κ1) is 25.7. The van der Waals surface area contributed by atoms with Crippen LogP contribution in [0.15, 0.2) is 36.7 Å². The number of alkyl halides is 5. The number of hydrogen-bond donors (Lipinski definition) is 0. The van der Waals surface area contributed by atoms with Crippen molar-refractivity contribution in [2.45, 2.75) is 63.3 Å². The molecule has 0 unspecified atom stereocenters. The van der Waals surface area contributed by atoms with Crippen LogP contribution in [0, 0.1) is 5.92 Å². The number of hydrogen-bond acceptors (Lipinski definition) is 3. The number of aromatic nitrogens is 3. The number of benzene rings is 2. The highest BCUT2D eigenvalue weighted by molar-refractivity contribution is 6.17. The molecule has 1 aliphatic carbocycles. The molecule has 5 rings (SSSR count). The quantitative estimate of drug-likeness (QED) is 0.272. The SMILES string of the molecule is CC1CC(c2cc(N3Cc4c(cc(CCl)cc4C(F)(F)F)C3=O)cc(C(C)(C)F)c2)(c2nncn2C)C1. The average molecular weight is 535 g/mol. The van der Waals surface area contributed by atoms with Crippen molar-refractivity contribution in [2.75, 3.05) is 4.90 Å². The number of fused-ring (bicyclic) bond motifs is 1. The van der Waals surface area contributed by atoms with Crippen LogP contribution in [0.3, 0.4) is 0 Å². The minimum atomic E-state index is -4.65. The van der Waals surface area contributed by atoms with Crippen LogP contribution in [-0.4, -0.2) is 20.7 Å². The van der Waals surface area contributed by atoms with Gasteiger partial charge in [0.1, 0.15) is 17.8 Å². The van der Waals surface area contributed by atoms with Crippen molar-refractivity contribution in [1.29, 1.82) is 0 Å². The molecular formula is C27H27ClF4N4O. The van der Waals surface area contributed by atoms with E-state index in [2.05, 4.69) is 17.1 Å². The third kappa shape index (κ3) is 4.21. The van der Waals surface area contributed by atoms with Crippen molar-refractivity contribution < 1.29 is 22.4 Å². The van der Waals surface area contributed by atoms with Gasteiger partial charge in [-0.1, -0.05) is 13.0 Å². The fraction of sp³-hybridized carbons (Fsp3) is 0.444. The van der Waals surface area contributed by atoms with Gasteiger partial charge in [0.15, 0.2) is 0 Å². The summed E-state index contributed by atoms with van der Waals surface area (Å²) < 4.78 is 58.9. The van der Waals surface area contributed by atoms with Gasteiger partial charge in [-0.25, -0.2) is 4.39 Å². The van der Waals surface area contributed by atoms with E-state index in [1.165, 1.54) is 24.8 Å². The van der Waals surface area contributed by atoms with Crippen molar-refractivity contribution in [3.63, 3.8) is 0 Å². The summed E-state index contributed by atoms with van der Waals surface area (Å²) in [5, 5.41) is 8.38. The van der Waals surface area contributed by atoms with Crippen molar-refractivity contribution in [2.24, 2.45) is 13.0 Å². The fourth-order valence-electron chi connectivity index (χ4n) is 5.79. The molecule has 3 aromatic rings. The molecule has 0 radical (unpaired) electrons. The van der Waals surface area contributed by atoms with Gasteiger partial charge in [-0.3, -0.25) is 4.79 Å². The number of rotatable bonds is 5. The molecule has 0 N–H and O–H groups in total. The Kier molecular flexibility index (Phi) is 5.94. The Morgan fingerprint density at radius 3 is 2.35 bits per heavy atom. The van der Waals surface area contributed by atoms with Gasteiger partial charge in [0.05, 0.1) is 17.5 Å². The molecule has 2 aliphatic rings. The smallest absolute Gasteiger partial charge is 0.320 e. The molecule has 2 heterocycles. The first-order valence-corrected chi connectivity index (χ1v) is 12.6. The van der Waals surface area contributed by atoms with Crippen molar-refractivity contribution >= 4 is 23.2 Å². The van der Waals surface area contributed by atoms with Crippen LogP contribution < -0.4 is 4.90 Å². The fourth-order valence-corrected chi connectivity index (χ4v) is 5.94. The maximum absolute atomic E-state index is 15.4. The summed E-state index contributed by atoms with van der Waals surface area (Å²) >= 11 is 5.84. The number of aryl methyl sites for hydroxylation is 1. The number of carbonyl (C=O) groups excluding carboxylic acids is 1. The molecule has 1 aliphatic heterocycles. The molecule has 196 valence electrons. The summed E-state index contributed by atoms with van der Waals surface area (Å²) in [7, 11) is 1.84. The maximum Gasteiger partial charge on any atom is 0.416 e. The second kappa shape index (κ2) is 8.55. The molecule has 0 atom stereocenters. The standard InChI is InChI=1S/C27H27ClF4N4O/c1-15-10-26(11-15,24-34-33-14-35(24)4)18-7-17(25(2,3)29)8-19(9-18)36-13-21-20(23(36)37)5-16(12-28)6-22(21)27(30,31)32/h5-9,14-15H,10-13H2,1-4H3. The number of anilines is 1. The zero-order valence-corrected chi connectivity index (χ0v) is 21.7. The van der Waals surface area contributed by atoms with Crippen molar-refractivity contribution in [1.82, 2.24) is 14.8 Å². The van der Waals surface area contributed by atoms with Crippen LogP contribution in [0.5, 0.6) is 0 Å². The van der Waals surface area contributed by atoms with Crippen LogP contribution in [0.4, 0.5) is 23.2 Å². The van der Waals surface area contributed by atoms with Crippen LogP contribution in [0.1, 0.15) is 77.6 Å². The van der Waals surface area contributed by atoms with E-state index < -0.39 is 28.7 Å². The zero-order chi connectivity index (χ0) is 26.9. The van der Waals surface area contributed by atoms with Crippen LogP contribution in [0.25, 0.3) is 0 Å². The summed E-state index contributed by atoms with van der Waals surface area (Å²) in [5.41, 5.74) is -1.63. The molecule has 1 amide bonds. The van der Waals surface area contributed by atoms with Gasteiger partial charge in [-0.2, -0.15) is 13.2 Å². The highest BCUT2D eigenvalue weighted by Gasteiger charge is 2.49. The average Bonchev–Trinajstić information content (AvgIpc) is 3.37. The summed E-state index contributed by atoms with van der Waals surface area (Å²) in [6, 6.07) is 7.53. The Morgan fingerprint density at radius 2 is 1.81 bits per heavy atom. The zero-order valence-electron chi connectivity index (χ0n) is 21.0. The molecule has 10 heteroatoms. The Morgan fingerprint density at radius 1 is 1.11 bits per heavy atom. The number of amides is 1. The topological polar surface area (TPSA) is 51.0 Å². The third-order valence-corrected chi connectivity index (χ3v) is 7.87. The van der Waals surface area contributed by atoms with Gasteiger partial charge in [0.25, 0.3) is 5.91 Å². The Balaban J connectivity index is 1.67. The molecule has 37 heavy (non-hydrogen) atoms. The monoisotopic (exact) mass is 534 g/mol. The normalized spacial score (nSPS) is 21.8. The summed E-state index contributed by atoms with van der Waals surface area (Å²) in [5.74, 6) is 0.398. The second-order valence-electron chi connectivity index (χ2n) is 10.8. The first-order chi connectivity index (χ1) is 17.2. The second-order valence-corrected chi connectivity index (χ2v) is 11.1. The van der Waals surface area contributed by atoms with Crippen LogP contribution >= 0.6 is 11.6 Å². The van der Waals surface area contributed by atoms with E-state index in [9.17, 15) is 18.0 Å². The van der Waals surface area contributed by atoms with E-state index >= 15 is 4.39 Å². The van der Waals surface area contributed by atoms with E-state index in [1.54, 1.807) is 24.5 Å². The molecule has 1 aromatic heterocycles. The Hall–Kier alpha value is -2.94. The summed E-state index contributed by atoms with van der Waals surface area (Å²) in [6.45, 7) is 4.69. The predicted octanol–water partition coefficient (Wildman–Crippen LogP) is 6.65.